The Bertz CT molecular complexity index is 509. The Balaban J connectivity index is 2.94. The predicted molar refractivity (Wildman–Crippen MR) is 72.1 cm³/mol. The fourth-order valence-corrected chi connectivity index (χ4v) is 1.22. The monoisotopic (exact) mass is 260 g/mol. The van der Waals surface area contributed by atoms with Gasteiger partial charge in [-0.15, -0.1) is 0 Å². The van der Waals surface area contributed by atoms with Crippen molar-refractivity contribution in [1.29, 1.82) is 0 Å². The molecule has 0 spiro atoms. The Morgan fingerprint density at radius 3 is 1.58 bits per heavy atom. The minimum atomic E-state index is -0.525. The first-order chi connectivity index (χ1) is 8.79. The summed E-state index contributed by atoms with van der Waals surface area (Å²) < 4.78 is 10.2. The zero-order chi connectivity index (χ0) is 14.6. The van der Waals surface area contributed by atoms with Gasteiger partial charge in [-0.2, -0.15) is 0 Å². The molecule has 19 heavy (non-hydrogen) atoms. The Morgan fingerprint density at radius 1 is 0.895 bits per heavy atom. The van der Waals surface area contributed by atoms with Crippen molar-refractivity contribution in [3.63, 3.8) is 0 Å². The molecular formula is C15H16O4. The van der Waals surface area contributed by atoms with Crippen molar-refractivity contribution < 1.29 is 19.1 Å². The lowest BCUT2D eigenvalue weighted by Crippen LogP contribution is -2.10. The van der Waals surface area contributed by atoms with Gasteiger partial charge in [-0.1, -0.05) is 13.2 Å². The van der Waals surface area contributed by atoms with Crippen LogP contribution < -0.4 is 9.47 Å². The van der Waals surface area contributed by atoms with E-state index in [1.807, 2.05) is 0 Å². The van der Waals surface area contributed by atoms with Gasteiger partial charge in [0.1, 0.15) is 11.5 Å². The maximum atomic E-state index is 11.4. The van der Waals surface area contributed by atoms with Crippen LogP contribution in [-0.4, -0.2) is 11.9 Å². The fraction of sp³-hybridized carbons (Fsp3) is 0.200. The quantitative estimate of drug-likeness (QED) is 0.474. The second-order valence-electron chi connectivity index (χ2n) is 4.32. The minimum absolute atomic E-state index is 0.294. The standard InChI is InChI=1S/C15H16O4/c1-9(2)14(16)18-12-6-11(5)7-13(8-12)19-15(17)10(3)4/h6-8H,1,3H2,2,4-5H3. The topological polar surface area (TPSA) is 52.6 Å². The highest BCUT2D eigenvalue weighted by Gasteiger charge is 2.10. The Hall–Kier alpha value is -2.36. The average Bonchev–Trinajstić information content (AvgIpc) is 2.27. The van der Waals surface area contributed by atoms with Crippen molar-refractivity contribution in [2.45, 2.75) is 20.8 Å². The molecule has 0 atom stereocenters. The highest BCUT2D eigenvalue weighted by Crippen LogP contribution is 2.23. The lowest BCUT2D eigenvalue weighted by atomic mass is 10.2. The number of carbonyl (C=O) groups is 2. The van der Waals surface area contributed by atoms with Gasteiger partial charge in [0.2, 0.25) is 0 Å². The maximum Gasteiger partial charge on any atom is 0.338 e. The molecule has 0 radical (unpaired) electrons. The lowest BCUT2D eigenvalue weighted by molar-refractivity contribution is -0.130. The van der Waals surface area contributed by atoms with Gasteiger partial charge in [-0.25, -0.2) is 9.59 Å². The summed E-state index contributed by atoms with van der Waals surface area (Å²) in [4.78, 5) is 22.8. The van der Waals surface area contributed by atoms with E-state index in [-0.39, 0.29) is 0 Å². The van der Waals surface area contributed by atoms with Gasteiger partial charge in [-0.05, 0) is 38.5 Å². The summed E-state index contributed by atoms with van der Waals surface area (Å²) >= 11 is 0. The molecule has 0 heterocycles. The summed E-state index contributed by atoms with van der Waals surface area (Å²) in [5.41, 5.74) is 1.39. The molecule has 0 amide bonds. The second-order valence-corrected chi connectivity index (χ2v) is 4.32. The number of esters is 2. The molecule has 0 aliphatic heterocycles. The summed E-state index contributed by atoms with van der Waals surface area (Å²) in [6.07, 6.45) is 0. The zero-order valence-corrected chi connectivity index (χ0v) is 11.3. The van der Waals surface area contributed by atoms with Gasteiger partial charge in [0, 0.05) is 17.2 Å². The second kappa shape index (κ2) is 6.00. The molecule has 0 aromatic heterocycles. The first kappa shape index (κ1) is 14.7. The first-order valence-corrected chi connectivity index (χ1v) is 5.66. The summed E-state index contributed by atoms with van der Waals surface area (Å²) in [5, 5.41) is 0. The van der Waals surface area contributed by atoms with Crippen LogP contribution in [0, 0.1) is 6.92 Å². The molecule has 4 heteroatoms. The molecule has 0 fully saturated rings. The van der Waals surface area contributed by atoms with E-state index in [0.717, 1.165) is 5.56 Å². The van der Waals surface area contributed by atoms with Crippen molar-refractivity contribution in [3.8, 4) is 11.5 Å². The van der Waals surface area contributed by atoms with Crippen molar-refractivity contribution in [1.82, 2.24) is 0 Å². The van der Waals surface area contributed by atoms with E-state index in [9.17, 15) is 9.59 Å². The van der Waals surface area contributed by atoms with Crippen LogP contribution in [0.5, 0.6) is 11.5 Å². The summed E-state index contributed by atoms with van der Waals surface area (Å²) in [7, 11) is 0. The molecule has 0 aliphatic carbocycles. The number of carbonyl (C=O) groups excluding carboxylic acids is 2. The maximum absolute atomic E-state index is 11.4. The van der Waals surface area contributed by atoms with Crippen molar-refractivity contribution >= 4 is 11.9 Å². The van der Waals surface area contributed by atoms with Gasteiger partial charge in [0.15, 0.2) is 0 Å². The molecule has 0 saturated heterocycles. The molecule has 4 nitrogen and oxygen atoms in total. The van der Waals surface area contributed by atoms with E-state index in [1.54, 1.807) is 32.9 Å². The number of ether oxygens (including phenoxy) is 2. The van der Waals surface area contributed by atoms with E-state index in [1.165, 1.54) is 6.07 Å². The van der Waals surface area contributed by atoms with Crippen LogP contribution in [-0.2, 0) is 9.59 Å². The van der Waals surface area contributed by atoms with Crippen molar-refractivity contribution in [2.24, 2.45) is 0 Å². The van der Waals surface area contributed by atoms with Crippen molar-refractivity contribution in [3.05, 3.63) is 48.1 Å². The average molecular weight is 260 g/mol. The Morgan fingerprint density at radius 2 is 1.26 bits per heavy atom. The van der Waals surface area contributed by atoms with E-state index in [2.05, 4.69) is 13.2 Å². The van der Waals surface area contributed by atoms with Gasteiger partial charge in [0.05, 0.1) is 0 Å². The first-order valence-electron chi connectivity index (χ1n) is 5.66. The molecule has 0 N–H and O–H groups in total. The molecule has 1 aromatic rings. The molecule has 0 unspecified atom stereocenters. The van der Waals surface area contributed by atoms with Crippen LogP contribution in [0.15, 0.2) is 42.5 Å². The van der Waals surface area contributed by atoms with Crippen LogP contribution in [0.4, 0.5) is 0 Å². The molecule has 1 rings (SSSR count). The number of benzene rings is 1. The van der Waals surface area contributed by atoms with E-state index in [0.29, 0.717) is 22.6 Å². The van der Waals surface area contributed by atoms with Crippen LogP contribution in [0.2, 0.25) is 0 Å². The van der Waals surface area contributed by atoms with Gasteiger partial charge < -0.3 is 9.47 Å². The highest BCUT2D eigenvalue weighted by molar-refractivity contribution is 5.89. The summed E-state index contributed by atoms with van der Waals surface area (Å²) in [6.45, 7) is 11.9. The van der Waals surface area contributed by atoms with Crippen molar-refractivity contribution in [2.75, 3.05) is 0 Å². The molecule has 100 valence electrons. The zero-order valence-electron chi connectivity index (χ0n) is 11.3. The van der Waals surface area contributed by atoms with Gasteiger partial charge in [0.25, 0.3) is 0 Å². The molecular weight excluding hydrogens is 244 g/mol. The predicted octanol–water partition coefficient (Wildman–Crippen LogP) is 2.96. The summed E-state index contributed by atoms with van der Waals surface area (Å²) in [5.74, 6) is -0.444. The van der Waals surface area contributed by atoms with Crippen LogP contribution >= 0.6 is 0 Å². The molecule has 0 bridgehead atoms. The molecule has 0 saturated carbocycles. The van der Waals surface area contributed by atoms with E-state index in [4.69, 9.17) is 9.47 Å². The minimum Gasteiger partial charge on any atom is -0.423 e. The highest BCUT2D eigenvalue weighted by atomic mass is 16.5. The van der Waals surface area contributed by atoms with Crippen LogP contribution in [0.1, 0.15) is 19.4 Å². The third-order valence-corrected chi connectivity index (χ3v) is 2.14. The number of hydrogen-bond donors (Lipinski definition) is 0. The van der Waals surface area contributed by atoms with E-state index < -0.39 is 11.9 Å². The smallest absolute Gasteiger partial charge is 0.338 e. The van der Waals surface area contributed by atoms with Gasteiger partial charge >= 0.3 is 11.9 Å². The Kier molecular flexibility index (Phi) is 4.64. The SMILES string of the molecule is C=C(C)C(=O)Oc1cc(C)cc(OC(=O)C(=C)C)c1. The third kappa shape index (κ3) is 4.43. The number of hydrogen-bond acceptors (Lipinski definition) is 4. The van der Waals surface area contributed by atoms with Crippen LogP contribution in [0.3, 0.4) is 0 Å². The van der Waals surface area contributed by atoms with Crippen LogP contribution in [0.25, 0.3) is 0 Å². The number of aryl methyl sites for hydroxylation is 1. The molecule has 1 aromatic carbocycles. The fourth-order valence-electron chi connectivity index (χ4n) is 1.22. The van der Waals surface area contributed by atoms with Gasteiger partial charge in [-0.3, -0.25) is 0 Å². The summed E-state index contributed by atoms with van der Waals surface area (Å²) in [6, 6.07) is 4.80. The normalized spacial score (nSPS) is 9.63. The largest absolute Gasteiger partial charge is 0.423 e. The molecule has 0 aliphatic rings. The lowest BCUT2D eigenvalue weighted by Gasteiger charge is -2.08. The van der Waals surface area contributed by atoms with E-state index >= 15 is 0 Å². The Labute approximate surface area is 112 Å². The number of rotatable bonds is 4. The third-order valence-electron chi connectivity index (χ3n) is 2.14.